The average molecular weight is 242 g/mol. The van der Waals surface area contributed by atoms with Gasteiger partial charge in [0.2, 0.25) is 0 Å². The number of hydrogen-bond donors (Lipinski definition) is 2. The summed E-state index contributed by atoms with van der Waals surface area (Å²) in [5, 5.41) is 0. The van der Waals surface area contributed by atoms with E-state index in [2.05, 4.69) is 26.0 Å². The zero-order chi connectivity index (χ0) is 11.8. The lowest BCUT2D eigenvalue weighted by Gasteiger charge is -2.00. The van der Waals surface area contributed by atoms with E-state index in [1.54, 1.807) is 6.20 Å². The Hall–Kier alpha value is -2.01. The first-order valence-corrected chi connectivity index (χ1v) is 5.65. The van der Waals surface area contributed by atoms with Gasteiger partial charge in [0, 0.05) is 17.5 Å². The van der Waals surface area contributed by atoms with E-state index in [0.717, 1.165) is 28.1 Å². The van der Waals surface area contributed by atoms with Crippen molar-refractivity contribution in [2.45, 2.75) is 6.92 Å². The molecule has 0 spiro atoms. The molecule has 2 aromatic heterocycles. The van der Waals surface area contributed by atoms with Crippen molar-refractivity contribution in [3.63, 3.8) is 0 Å². The second kappa shape index (κ2) is 3.78. The minimum absolute atomic E-state index is 0.489. The van der Waals surface area contributed by atoms with E-state index < -0.39 is 0 Å². The first-order valence-electron chi connectivity index (χ1n) is 5.24. The van der Waals surface area contributed by atoms with Crippen LogP contribution in [0.3, 0.4) is 0 Å². The third-order valence-electron chi connectivity index (χ3n) is 2.59. The highest BCUT2D eigenvalue weighted by Gasteiger charge is 2.02. The summed E-state index contributed by atoms with van der Waals surface area (Å²) in [7, 11) is 0. The van der Waals surface area contributed by atoms with Gasteiger partial charge in [0.05, 0.1) is 11.0 Å². The van der Waals surface area contributed by atoms with Crippen molar-refractivity contribution in [2.75, 3.05) is 0 Å². The lowest BCUT2D eigenvalue weighted by molar-refractivity contribution is 1.14. The number of aromatic nitrogens is 4. The molecule has 0 amide bonds. The first kappa shape index (κ1) is 10.2. The predicted molar refractivity (Wildman–Crippen MR) is 69.2 cm³/mol. The fraction of sp³-hybridized carbons (Fsp3) is 0.0833. The number of imidazole rings is 1. The van der Waals surface area contributed by atoms with Gasteiger partial charge in [-0.1, -0.05) is 6.07 Å². The Bertz CT molecular complexity index is 741. The molecule has 3 aromatic rings. The van der Waals surface area contributed by atoms with Gasteiger partial charge in [-0.25, -0.2) is 9.97 Å². The number of rotatable bonds is 1. The van der Waals surface area contributed by atoms with Crippen LogP contribution >= 0.6 is 12.2 Å². The third-order valence-corrected chi connectivity index (χ3v) is 2.79. The van der Waals surface area contributed by atoms with Crippen LogP contribution in [0.2, 0.25) is 0 Å². The van der Waals surface area contributed by atoms with Gasteiger partial charge in [0.15, 0.2) is 4.77 Å². The normalized spacial score (nSPS) is 10.9. The van der Waals surface area contributed by atoms with Gasteiger partial charge in [-0.15, -0.1) is 0 Å². The molecule has 0 atom stereocenters. The molecule has 3 rings (SSSR count). The van der Waals surface area contributed by atoms with Gasteiger partial charge < -0.3 is 9.97 Å². The monoisotopic (exact) mass is 242 g/mol. The molecule has 2 heterocycles. The van der Waals surface area contributed by atoms with Gasteiger partial charge in [-0.3, -0.25) is 0 Å². The van der Waals surface area contributed by atoms with Crippen molar-refractivity contribution in [3.8, 4) is 11.3 Å². The number of nitrogens with zero attached hydrogens (tertiary/aromatic N) is 2. The van der Waals surface area contributed by atoms with Crippen molar-refractivity contribution >= 4 is 23.3 Å². The Labute approximate surface area is 103 Å². The zero-order valence-corrected chi connectivity index (χ0v) is 10.0. The van der Waals surface area contributed by atoms with Crippen LogP contribution in [0.4, 0.5) is 0 Å². The SMILES string of the molecule is Cc1nc2ccc(-c3ccnc(=S)[nH]3)cc2[nH]1. The maximum atomic E-state index is 5.01. The molecule has 1 aromatic carbocycles. The summed E-state index contributed by atoms with van der Waals surface area (Å²) in [5.41, 5.74) is 4.02. The quantitative estimate of drug-likeness (QED) is 0.645. The fourth-order valence-corrected chi connectivity index (χ4v) is 2.01. The molecular formula is C12H10N4S. The first-order chi connectivity index (χ1) is 8.22. The van der Waals surface area contributed by atoms with E-state index in [-0.39, 0.29) is 0 Å². The highest BCUT2D eigenvalue weighted by Crippen LogP contribution is 2.21. The van der Waals surface area contributed by atoms with E-state index in [4.69, 9.17) is 12.2 Å². The Morgan fingerprint density at radius 3 is 2.88 bits per heavy atom. The maximum Gasteiger partial charge on any atom is 0.197 e. The Balaban J connectivity index is 2.20. The summed E-state index contributed by atoms with van der Waals surface area (Å²) in [4.78, 5) is 14.6. The smallest absolute Gasteiger partial charge is 0.197 e. The van der Waals surface area contributed by atoms with Gasteiger partial charge in [0.25, 0.3) is 0 Å². The molecule has 0 saturated heterocycles. The molecular weight excluding hydrogens is 232 g/mol. The third kappa shape index (κ3) is 1.85. The van der Waals surface area contributed by atoms with E-state index in [1.165, 1.54) is 0 Å². The van der Waals surface area contributed by atoms with Crippen LogP contribution in [0.25, 0.3) is 22.3 Å². The number of hydrogen-bond acceptors (Lipinski definition) is 3. The van der Waals surface area contributed by atoms with Gasteiger partial charge >= 0.3 is 0 Å². The number of fused-ring (bicyclic) bond motifs is 1. The minimum atomic E-state index is 0.489. The second-order valence-electron chi connectivity index (χ2n) is 3.84. The summed E-state index contributed by atoms with van der Waals surface area (Å²) < 4.78 is 0.489. The maximum absolute atomic E-state index is 5.01. The van der Waals surface area contributed by atoms with Crippen molar-refractivity contribution in [1.82, 2.24) is 19.9 Å². The lowest BCUT2D eigenvalue weighted by Crippen LogP contribution is -1.86. The summed E-state index contributed by atoms with van der Waals surface area (Å²) in [6.07, 6.45) is 1.70. The summed E-state index contributed by atoms with van der Waals surface area (Å²) >= 11 is 5.01. The molecule has 0 unspecified atom stereocenters. The molecule has 2 N–H and O–H groups in total. The predicted octanol–water partition coefficient (Wildman–Crippen LogP) is 2.99. The van der Waals surface area contributed by atoms with Crippen LogP contribution in [-0.4, -0.2) is 19.9 Å². The van der Waals surface area contributed by atoms with Crippen LogP contribution in [0.5, 0.6) is 0 Å². The van der Waals surface area contributed by atoms with Crippen LogP contribution in [0.15, 0.2) is 30.5 Å². The molecule has 0 aliphatic heterocycles. The molecule has 0 aliphatic rings. The molecule has 0 radical (unpaired) electrons. The lowest BCUT2D eigenvalue weighted by atomic mass is 10.1. The van der Waals surface area contributed by atoms with E-state index in [9.17, 15) is 0 Å². The van der Waals surface area contributed by atoms with Crippen molar-refractivity contribution in [3.05, 3.63) is 41.1 Å². The average Bonchev–Trinajstić information content (AvgIpc) is 2.68. The molecule has 0 bridgehead atoms. The number of nitrogens with one attached hydrogen (secondary N) is 2. The number of aryl methyl sites for hydroxylation is 1. The molecule has 4 nitrogen and oxygen atoms in total. The number of aromatic amines is 2. The van der Waals surface area contributed by atoms with E-state index in [0.29, 0.717) is 4.77 Å². The summed E-state index contributed by atoms with van der Waals surface area (Å²) in [6, 6.07) is 7.96. The minimum Gasteiger partial charge on any atom is -0.342 e. The summed E-state index contributed by atoms with van der Waals surface area (Å²) in [5.74, 6) is 0.916. The van der Waals surface area contributed by atoms with Crippen molar-refractivity contribution in [1.29, 1.82) is 0 Å². The molecule has 0 aliphatic carbocycles. The largest absolute Gasteiger partial charge is 0.342 e. The fourth-order valence-electron chi connectivity index (χ4n) is 1.84. The Morgan fingerprint density at radius 2 is 2.06 bits per heavy atom. The standard InChI is InChI=1S/C12H10N4S/c1-7-14-10-3-2-8(6-11(10)15-7)9-4-5-13-12(17)16-9/h2-6H,1H3,(H,14,15)(H,13,16,17). The molecule has 0 fully saturated rings. The molecule has 5 heteroatoms. The van der Waals surface area contributed by atoms with Crippen LogP contribution < -0.4 is 0 Å². The second-order valence-corrected chi connectivity index (χ2v) is 4.23. The topological polar surface area (TPSA) is 57.4 Å². The van der Waals surface area contributed by atoms with Crippen LogP contribution in [-0.2, 0) is 0 Å². The Kier molecular flexibility index (Phi) is 2.26. The Morgan fingerprint density at radius 1 is 1.18 bits per heavy atom. The van der Waals surface area contributed by atoms with Gasteiger partial charge in [-0.05, 0) is 37.3 Å². The van der Waals surface area contributed by atoms with Crippen LogP contribution in [0.1, 0.15) is 5.82 Å². The van der Waals surface area contributed by atoms with Crippen molar-refractivity contribution < 1.29 is 0 Å². The summed E-state index contributed by atoms with van der Waals surface area (Å²) in [6.45, 7) is 1.94. The molecule has 0 saturated carbocycles. The van der Waals surface area contributed by atoms with E-state index in [1.807, 2.05) is 25.1 Å². The van der Waals surface area contributed by atoms with Gasteiger partial charge in [-0.2, -0.15) is 0 Å². The number of benzene rings is 1. The van der Waals surface area contributed by atoms with Crippen LogP contribution in [0, 0.1) is 11.7 Å². The highest BCUT2D eigenvalue weighted by molar-refractivity contribution is 7.71. The van der Waals surface area contributed by atoms with E-state index >= 15 is 0 Å². The molecule has 84 valence electrons. The highest BCUT2D eigenvalue weighted by atomic mass is 32.1. The number of H-pyrrole nitrogens is 2. The van der Waals surface area contributed by atoms with Crippen molar-refractivity contribution in [2.24, 2.45) is 0 Å². The molecule has 17 heavy (non-hydrogen) atoms. The van der Waals surface area contributed by atoms with Gasteiger partial charge in [0.1, 0.15) is 5.82 Å². The zero-order valence-electron chi connectivity index (χ0n) is 9.19.